The third kappa shape index (κ3) is 5.82. The maximum Gasteiger partial charge on any atom is 0.281 e. The van der Waals surface area contributed by atoms with Crippen LogP contribution in [-0.4, -0.2) is 17.0 Å². The molecule has 0 bridgehead atoms. The molecule has 1 aliphatic rings. The Kier molecular flexibility index (Phi) is 7.42. The van der Waals surface area contributed by atoms with E-state index in [-0.39, 0.29) is 22.0 Å². The molecule has 0 saturated heterocycles. The van der Waals surface area contributed by atoms with Crippen molar-refractivity contribution in [1.82, 2.24) is 0 Å². The second kappa shape index (κ2) is 10.8. The fourth-order valence-electron chi connectivity index (χ4n) is 4.90. The number of thiophene rings is 1. The summed E-state index contributed by atoms with van der Waals surface area (Å²) in [5, 5.41) is 15.4. The number of rotatable bonds is 6. The number of para-hydroxylation sites is 1. The van der Waals surface area contributed by atoms with Gasteiger partial charge in [0.05, 0.1) is 22.3 Å². The molecule has 2 heterocycles. The van der Waals surface area contributed by atoms with Gasteiger partial charge in [0, 0.05) is 21.7 Å². The maximum absolute atomic E-state index is 13.5. The largest absolute Gasteiger partial charge is 0.455 e. The number of furan rings is 1. The summed E-state index contributed by atoms with van der Waals surface area (Å²) >= 11 is 7.50. The summed E-state index contributed by atoms with van der Waals surface area (Å²) in [4.78, 5) is 30.4. The van der Waals surface area contributed by atoms with Gasteiger partial charge < -0.3 is 9.73 Å². The van der Waals surface area contributed by atoms with Crippen LogP contribution >= 0.6 is 22.9 Å². The Bertz CT molecular complexity index is 1570. The molecule has 0 fully saturated rings. The molecule has 1 N–H and O–H groups in total. The highest BCUT2D eigenvalue weighted by atomic mass is 35.5. The van der Waals surface area contributed by atoms with Gasteiger partial charge in [-0.05, 0) is 72.6 Å². The van der Waals surface area contributed by atoms with Crippen molar-refractivity contribution >= 4 is 51.4 Å². The van der Waals surface area contributed by atoms with Gasteiger partial charge in [0.15, 0.2) is 0 Å². The minimum atomic E-state index is -0.490. The zero-order valence-electron chi connectivity index (χ0n) is 21.9. The molecule has 9 heteroatoms. The second-order valence-electron chi connectivity index (χ2n) is 10.7. The van der Waals surface area contributed by atoms with Gasteiger partial charge >= 0.3 is 0 Å². The molecule has 1 atom stereocenters. The Labute approximate surface area is 235 Å². The first kappa shape index (κ1) is 26.8. The van der Waals surface area contributed by atoms with E-state index in [2.05, 4.69) is 26.1 Å². The number of nitro groups is 1. The first-order valence-electron chi connectivity index (χ1n) is 12.7. The van der Waals surface area contributed by atoms with Crippen LogP contribution < -0.4 is 5.32 Å². The predicted molar refractivity (Wildman–Crippen MR) is 157 cm³/mol. The zero-order chi connectivity index (χ0) is 27.7. The van der Waals surface area contributed by atoms with Crippen LogP contribution in [-0.2, 0) is 12.8 Å². The van der Waals surface area contributed by atoms with Gasteiger partial charge in [0.1, 0.15) is 16.5 Å². The molecule has 0 aliphatic heterocycles. The molecule has 39 heavy (non-hydrogen) atoms. The average molecular weight is 562 g/mol. The van der Waals surface area contributed by atoms with Crippen LogP contribution in [0.5, 0.6) is 0 Å². The number of carbonyl (C=O) groups excluding carboxylic acids is 1. The van der Waals surface area contributed by atoms with E-state index in [0.29, 0.717) is 33.6 Å². The van der Waals surface area contributed by atoms with E-state index in [9.17, 15) is 14.9 Å². The third-order valence-corrected chi connectivity index (χ3v) is 8.49. The van der Waals surface area contributed by atoms with Crippen LogP contribution in [0, 0.1) is 21.4 Å². The number of halogens is 1. The van der Waals surface area contributed by atoms with Crippen molar-refractivity contribution in [3.63, 3.8) is 0 Å². The lowest BCUT2D eigenvalue weighted by molar-refractivity contribution is -0.384. The molecule has 0 saturated carbocycles. The number of nitrogens with zero attached hydrogens (tertiary/aromatic N) is 2. The van der Waals surface area contributed by atoms with Crippen molar-refractivity contribution in [3.05, 3.63) is 97.6 Å². The normalized spacial score (nSPS) is 15.3. The summed E-state index contributed by atoms with van der Waals surface area (Å²) in [6, 6.07) is 17.2. The molecule has 200 valence electrons. The van der Waals surface area contributed by atoms with Crippen LogP contribution in [0.4, 0.5) is 16.4 Å². The molecule has 7 nitrogen and oxygen atoms in total. The highest BCUT2D eigenvalue weighted by molar-refractivity contribution is 7.16. The molecule has 0 radical (unpaired) electrons. The summed E-state index contributed by atoms with van der Waals surface area (Å²) in [7, 11) is 0. The van der Waals surface area contributed by atoms with Crippen molar-refractivity contribution < 1.29 is 14.1 Å². The summed E-state index contributed by atoms with van der Waals surface area (Å²) < 4.78 is 5.89. The first-order chi connectivity index (χ1) is 18.6. The summed E-state index contributed by atoms with van der Waals surface area (Å²) in [5.74, 6) is 1.09. The summed E-state index contributed by atoms with van der Waals surface area (Å²) in [6.45, 7) is 6.79. The molecule has 5 rings (SSSR count). The van der Waals surface area contributed by atoms with Crippen molar-refractivity contribution in [2.75, 3.05) is 5.32 Å². The number of anilines is 1. The number of amides is 1. The lowest BCUT2D eigenvalue weighted by atomic mass is 9.72. The standard InChI is InChI=1S/C30H28ClN3O4S/c1-30(2,3)18-9-12-23-26(15-18)39-29(27(23)28(35)33-20-7-5-4-6-8-20)32-17-21-11-14-25(38-21)22-13-10-19(31)16-24(22)34(36)37/h4-8,10-11,13-14,16-18H,9,12,15H2,1-3H3,(H,33,35)/t18-/m1/s1. The Morgan fingerprint density at radius 2 is 1.95 bits per heavy atom. The average Bonchev–Trinajstić information content (AvgIpc) is 3.51. The van der Waals surface area contributed by atoms with Crippen LogP contribution in [0.1, 0.15) is 53.8 Å². The van der Waals surface area contributed by atoms with Crippen molar-refractivity contribution in [3.8, 4) is 11.3 Å². The number of fused-ring (bicyclic) bond motifs is 1. The van der Waals surface area contributed by atoms with Crippen molar-refractivity contribution in [2.24, 2.45) is 16.3 Å². The van der Waals surface area contributed by atoms with Gasteiger partial charge in [-0.3, -0.25) is 14.9 Å². The van der Waals surface area contributed by atoms with Crippen LogP contribution in [0.3, 0.4) is 0 Å². The topological polar surface area (TPSA) is 97.7 Å². The summed E-state index contributed by atoms with van der Waals surface area (Å²) in [6.07, 6.45) is 4.31. The molecule has 1 amide bonds. The van der Waals surface area contributed by atoms with E-state index < -0.39 is 4.92 Å². The number of carbonyl (C=O) groups is 1. The van der Waals surface area contributed by atoms with Gasteiger partial charge in [0.25, 0.3) is 11.6 Å². The number of aliphatic imine (C=N–C) groups is 1. The van der Waals surface area contributed by atoms with Crippen molar-refractivity contribution in [2.45, 2.75) is 40.0 Å². The van der Waals surface area contributed by atoms with E-state index in [0.717, 1.165) is 30.5 Å². The Hall–Kier alpha value is -3.75. The molecule has 0 spiro atoms. The monoisotopic (exact) mass is 561 g/mol. The minimum Gasteiger partial charge on any atom is -0.455 e. The molecule has 2 aromatic carbocycles. The highest BCUT2D eigenvalue weighted by Crippen LogP contribution is 2.45. The van der Waals surface area contributed by atoms with Gasteiger partial charge in [-0.25, -0.2) is 4.99 Å². The van der Waals surface area contributed by atoms with Gasteiger partial charge in [-0.15, -0.1) is 11.3 Å². The van der Waals surface area contributed by atoms with Gasteiger partial charge in [-0.2, -0.15) is 0 Å². The van der Waals surface area contributed by atoms with E-state index >= 15 is 0 Å². The minimum absolute atomic E-state index is 0.139. The Morgan fingerprint density at radius 3 is 2.67 bits per heavy atom. The van der Waals surface area contributed by atoms with E-state index in [1.807, 2.05) is 30.3 Å². The SMILES string of the molecule is CC(C)(C)[C@@H]1CCc2c(sc(N=Cc3ccc(-c4ccc(Cl)cc4[N+](=O)[O-])o3)c2C(=O)Nc2ccccc2)C1. The highest BCUT2D eigenvalue weighted by Gasteiger charge is 2.33. The number of benzene rings is 2. The molecule has 0 unspecified atom stereocenters. The van der Waals surface area contributed by atoms with Crippen LogP contribution in [0.2, 0.25) is 5.02 Å². The maximum atomic E-state index is 13.5. The summed E-state index contributed by atoms with van der Waals surface area (Å²) in [5.41, 5.74) is 2.75. The lowest BCUT2D eigenvalue weighted by Gasteiger charge is -2.33. The lowest BCUT2D eigenvalue weighted by Crippen LogP contribution is -2.27. The van der Waals surface area contributed by atoms with Crippen LogP contribution in [0.25, 0.3) is 11.3 Å². The van der Waals surface area contributed by atoms with Gasteiger partial charge in [0.2, 0.25) is 0 Å². The quantitative estimate of drug-likeness (QED) is 0.144. The van der Waals surface area contributed by atoms with Crippen molar-refractivity contribution in [1.29, 1.82) is 0 Å². The smallest absolute Gasteiger partial charge is 0.281 e. The fourth-order valence-corrected chi connectivity index (χ4v) is 6.34. The van der Waals surface area contributed by atoms with E-state index in [1.54, 1.807) is 41.8 Å². The second-order valence-corrected chi connectivity index (χ2v) is 12.2. The fraction of sp³-hybridized carbons (Fsp3) is 0.267. The predicted octanol–water partition coefficient (Wildman–Crippen LogP) is 8.72. The van der Waals surface area contributed by atoms with E-state index in [4.69, 9.17) is 21.0 Å². The Morgan fingerprint density at radius 1 is 1.18 bits per heavy atom. The number of hydrogen-bond acceptors (Lipinski definition) is 6. The van der Waals surface area contributed by atoms with E-state index in [1.165, 1.54) is 10.9 Å². The molecule has 2 aromatic heterocycles. The van der Waals surface area contributed by atoms with Gasteiger partial charge in [-0.1, -0.05) is 50.6 Å². The zero-order valence-corrected chi connectivity index (χ0v) is 23.4. The Balaban J connectivity index is 1.48. The molecular formula is C30H28ClN3O4S. The number of nitro benzene ring substituents is 1. The van der Waals surface area contributed by atoms with Crippen LogP contribution in [0.15, 0.2) is 70.1 Å². The molecule has 4 aromatic rings. The third-order valence-electron chi connectivity index (χ3n) is 7.09. The molecule has 1 aliphatic carbocycles. The molecular weight excluding hydrogens is 534 g/mol. The number of hydrogen-bond donors (Lipinski definition) is 1. The first-order valence-corrected chi connectivity index (χ1v) is 13.9. The number of nitrogens with one attached hydrogen (secondary N) is 1.